The summed E-state index contributed by atoms with van der Waals surface area (Å²) in [7, 11) is 0. The lowest BCUT2D eigenvalue weighted by molar-refractivity contribution is 0.0990. The first-order valence-electron chi connectivity index (χ1n) is 8.00. The topological polar surface area (TPSA) is 46.5 Å². The molecule has 0 radical (unpaired) electrons. The molecule has 0 unspecified atom stereocenters. The summed E-state index contributed by atoms with van der Waals surface area (Å²) in [6.07, 6.45) is 0.229. The van der Waals surface area contributed by atoms with Crippen LogP contribution in [0.2, 0.25) is 10.0 Å². The molecule has 0 saturated carbocycles. The summed E-state index contributed by atoms with van der Waals surface area (Å²) < 4.78 is 5.65. The van der Waals surface area contributed by atoms with Gasteiger partial charge in [-0.05, 0) is 35.9 Å². The number of phenolic OH excluding ortho intramolecular Hbond substituents is 1. The molecule has 0 saturated heterocycles. The van der Waals surface area contributed by atoms with Gasteiger partial charge in [-0.3, -0.25) is 4.79 Å². The molecule has 0 amide bonds. The van der Waals surface area contributed by atoms with Gasteiger partial charge < -0.3 is 9.84 Å². The van der Waals surface area contributed by atoms with Crippen molar-refractivity contribution in [3.8, 4) is 11.5 Å². The minimum atomic E-state index is -0.155. The van der Waals surface area contributed by atoms with Gasteiger partial charge in [0.1, 0.15) is 18.1 Å². The van der Waals surface area contributed by atoms with E-state index in [1.807, 2.05) is 30.3 Å². The average Bonchev–Trinajstić information content (AvgIpc) is 2.63. The van der Waals surface area contributed by atoms with E-state index in [0.29, 0.717) is 15.8 Å². The summed E-state index contributed by atoms with van der Waals surface area (Å²) in [4.78, 5) is 12.4. The maximum atomic E-state index is 12.4. The largest absolute Gasteiger partial charge is 0.507 e. The van der Waals surface area contributed by atoms with Crippen molar-refractivity contribution in [1.29, 1.82) is 0 Å². The highest BCUT2D eigenvalue weighted by molar-refractivity contribution is 6.33. The zero-order valence-corrected chi connectivity index (χ0v) is 15.3. The molecule has 3 rings (SSSR count). The Balaban J connectivity index is 1.69. The Morgan fingerprint density at radius 1 is 0.962 bits per heavy atom. The smallest absolute Gasteiger partial charge is 0.170 e. The number of hydrogen-bond donors (Lipinski definition) is 1. The van der Waals surface area contributed by atoms with E-state index in [2.05, 4.69) is 0 Å². The van der Waals surface area contributed by atoms with Gasteiger partial charge in [0.05, 0.1) is 5.56 Å². The van der Waals surface area contributed by atoms with E-state index in [1.165, 1.54) is 6.07 Å². The molecule has 1 N–H and O–H groups in total. The number of halogens is 2. The zero-order chi connectivity index (χ0) is 18.5. The van der Waals surface area contributed by atoms with Gasteiger partial charge in [-0.15, -0.1) is 0 Å². The van der Waals surface area contributed by atoms with Gasteiger partial charge in [-0.2, -0.15) is 0 Å². The second kappa shape index (κ2) is 8.26. The lowest BCUT2D eigenvalue weighted by atomic mass is 10.0. The minimum absolute atomic E-state index is 0.111. The molecule has 0 aromatic heterocycles. The fourth-order valence-electron chi connectivity index (χ4n) is 2.53. The van der Waals surface area contributed by atoms with Gasteiger partial charge in [0, 0.05) is 28.1 Å². The minimum Gasteiger partial charge on any atom is -0.507 e. The lowest BCUT2D eigenvalue weighted by Gasteiger charge is -2.10. The van der Waals surface area contributed by atoms with Gasteiger partial charge in [0.25, 0.3) is 0 Å². The number of benzene rings is 3. The third-order valence-corrected chi connectivity index (χ3v) is 4.48. The highest BCUT2D eigenvalue weighted by Crippen LogP contribution is 2.27. The highest BCUT2D eigenvalue weighted by atomic mass is 35.5. The van der Waals surface area contributed by atoms with Gasteiger partial charge in [-0.1, -0.05) is 53.5 Å². The Morgan fingerprint density at radius 2 is 1.73 bits per heavy atom. The first-order valence-corrected chi connectivity index (χ1v) is 8.75. The number of carbonyl (C=O) groups is 1. The normalized spacial score (nSPS) is 10.5. The van der Waals surface area contributed by atoms with Crippen LogP contribution < -0.4 is 4.74 Å². The van der Waals surface area contributed by atoms with Crippen molar-refractivity contribution in [3.05, 3.63) is 93.5 Å². The van der Waals surface area contributed by atoms with Crippen LogP contribution in [0.4, 0.5) is 0 Å². The van der Waals surface area contributed by atoms with Crippen LogP contribution in [-0.2, 0) is 13.0 Å². The summed E-state index contributed by atoms with van der Waals surface area (Å²) in [5.41, 5.74) is 1.90. The van der Waals surface area contributed by atoms with E-state index in [4.69, 9.17) is 27.9 Å². The second-order valence-corrected chi connectivity index (χ2v) is 6.63. The predicted molar refractivity (Wildman–Crippen MR) is 103 cm³/mol. The standard InChI is InChI=1S/C21H16Cl2O3/c22-16-6-9-19(23)15(11-16)13-26-17-7-8-18(21(25)12-17)20(24)10-14-4-2-1-3-5-14/h1-9,11-12,25H,10,13H2. The van der Waals surface area contributed by atoms with Gasteiger partial charge in [0.15, 0.2) is 5.78 Å². The quantitative estimate of drug-likeness (QED) is 0.552. The van der Waals surface area contributed by atoms with Gasteiger partial charge >= 0.3 is 0 Å². The highest BCUT2D eigenvalue weighted by Gasteiger charge is 2.13. The molecule has 0 fully saturated rings. The summed E-state index contributed by atoms with van der Waals surface area (Å²) >= 11 is 12.1. The number of Topliss-reactive ketones (excluding diaryl/α,β-unsaturated/α-hetero) is 1. The van der Waals surface area contributed by atoms with Crippen LogP contribution in [0.1, 0.15) is 21.5 Å². The molecule has 0 bridgehead atoms. The van der Waals surface area contributed by atoms with Crippen LogP contribution in [0.3, 0.4) is 0 Å². The van der Waals surface area contributed by atoms with E-state index >= 15 is 0 Å². The molecule has 0 aliphatic carbocycles. The van der Waals surface area contributed by atoms with Crippen molar-refractivity contribution in [2.75, 3.05) is 0 Å². The Labute approximate surface area is 161 Å². The zero-order valence-electron chi connectivity index (χ0n) is 13.8. The Kier molecular flexibility index (Phi) is 5.82. The molecule has 3 aromatic carbocycles. The molecule has 0 aliphatic heterocycles. The number of carbonyl (C=O) groups excluding carboxylic acids is 1. The Hall–Kier alpha value is -2.49. The van der Waals surface area contributed by atoms with E-state index < -0.39 is 0 Å². The molecule has 3 aromatic rings. The Morgan fingerprint density at radius 3 is 2.46 bits per heavy atom. The average molecular weight is 387 g/mol. The molecular formula is C21H16Cl2O3. The van der Waals surface area contributed by atoms with E-state index in [9.17, 15) is 9.90 Å². The second-order valence-electron chi connectivity index (χ2n) is 5.79. The molecular weight excluding hydrogens is 371 g/mol. The van der Waals surface area contributed by atoms with Crippen molar-refractivity contribution in [1.82, 2.24) is 0 Å². The number of ether oxygens (including phenoxy) is 1. The molecule has 3 nitrogen and oxygen atoms in total. The van der Waals surface area contributed by atoms with Crippen molar-refractivity contribution < 1.29 is 14.6 Å². The number of ketones is 1. The summed E-state index contributed by atoms with van der Waals surface area (Å²) in [6.45, 7) is 0.205. The molecule has 26 heavy (non-hydrogen) atoms. The van der Waals surface area contributed by atoms with Crippen LogP contribution in [0.5, 0.6) is 11.5 Å². The maximum absolute atomic E-state index is 12.4. The summed E-state index contributed by atoms with van der Waals surface area (Å²) in [5, 5.41) is 11.3. The predicted octanol–water partition coefficient (Wildman–Crippen LogP) is 5.70. The third kappa shape index (κ3) is 4.57. The van der Waals surface area contributed by atoms with Gasteiger partial charge in [-0.25, -0.2) is 0 Å². The van der Waals surface area contributed by atoms with Crippen molar-refractivity contribution in [3.63, 3.8) is 0 Å². The monoisotopic (exact) mass is 386 g/mol. The molecule has 132 valence electrons. The van der Waals surface area contributed by atoms with Crippen molar-refractivity contribution in [2.24, 2.45) is 0 Å². The van der Waals surface area contributed by atoms with Crippen LogP contribution in [-0.4, -0.2) is 10.9 Å². The van der Waals surface area contributed by atoms with Crippen LogP contribution >= 0.6 is 23.2 Å². The Bertz CT molecular complexity index is 924. The number of aromatic hydroxyl groups is 1. The lowest BCUT2D eigenvalue weighted by Crippen LogP contribution is -2.04. The fourth-order valence-corrected chi connectivity index (χ4v) is 2.90. The summed E-state index contributed by atoms with van der Waals surface area (Å²) in [6, 6.07) is 19.2. The maximum Gasteiger partial charge on any atom is 0.170 e. The van der Waals surface area contributed by atoms with Crippen LogP contribution in [0, 0.1) is 0 Å². The van der Waals surface area contributed by atoms with Crippen molar-refractivity contribution >= 4 is 29.0 Å². The number of hydrogen-bond acceptors (Lipinski definition) is 3. The molecule has 5 heteroatoms. The first kappa shape index (κ1) is 18.3. The fraction of sp³-hybridized carbons (Fsp3) is 0.0952. The van der Waals surface area contributed by atoms with E-state index in [-0.39, 0.29) is 30.1 Å². The SMILES string of the molecule is O=C(Cc1ccccc1)c1ccc(OCc2cc(Cl)ccc2Cl)cc1O. The molecule has 0 atom stereocenters. The van der Waals surface area contributed by atoms with E-state index in [0.717, 1.165) is 11.1 Å². The van der Waals surface area contributed by atoms with Crippen molar-refractivity contribution in [2.45, 2.75) is 13.0 Å². The molecule has 0 heterocycles. The number of rotatable bonds is 6. The summed E-state index contributed by atoms with van der Waals surface area (Å²) in [5.74, 6) is 0.175. The van der Waals surface area contributed by atoms with Gasteiger partial charge in [0.2, 0.25) is 0 Å². The number of phenols is 1. The van der Waals surface area contributed by atoms with Crippen LogP contribution in [0.25, 0.3) is 0 Å². The van der Waals surface area contributed by atoms with E-state index in [1.54, 1.807) is 30.3 Å². The molecule has 0 spiro atoms. The third-order valence-electron chi connectivity index (χ3n) is 3.88. The first-order chi connectivity index (χ1) is 12.5. The van der Waals surface area contributed by atoms with Crippen LogP contribution in [0.15, 0.2) is 66.7 Å². The molecule has 0 aliphatic rings.